The summed E-state index contributed by atoms with van der Waals surface area (Å²) in [6.07, 6.45) is 0. The average Bonchev–Trinajstić information content (AvgIpc) is 2.53. The second-order valence-corrected chi connectivity index (χ2v) is 6.14. The highest BCUT2D eigenvalue weighted by Crippen LogP contribution is 2.17. The molecule has 20 heavy (non-hydrogen) atoms. The highest BCUT2D eigenvalue weighted by atomic mass is 32.2. The molecule has 0 saturated heterocycles. The summed E-state index contributed by atoms with van der Waals surface area (Å²) in [5.41, 5.74) is 1.41. The number of hydrogen-bond acceptors (Lipinski definition) is 4. The second kappa shape index (κ2) is 7.92. The highest BCUT2D eigenvalue weighted by Gasteiger charge is 2.08. The van der Waals surface area contributed by atoms with E-state index < -0.39 is 0 Å². The summed E-state index contributed by atoms with van der Waals surface area (Å²) in [4.78, 5) is 23.7. The lowest BCUT2D eigenvalue weighted by Crippen LogP contribution is -1.99. The summed E-state index contributed by atoms with van der Waals surface area (Å²) in [5.74, 6) is 1.27. The van der Waals surface area contributed by atoms with Crippen LogP contribution in [0.4, 0.5) is 0 Å². The van der Waals surface area contributed by atoms with Crippen LogP contribution in [-0.2, 0) is 0 Å². The van der Waals surface area contributed by atoms with Crippen LogP contribution in [0.25, 0.3) is 0 Å². The van der Waals surface area contributed by atoms with Crippen molar-refractivity contribution in [2.75, 3.05) is 11.5 Å². The first-order chi connectivity index (χ1) is 9.77. The highest BCUT2D eigenvalue weighted by molar-refractivity contribution is 8.17. The van der Waals surface area contributed by atoms with Crippen molar-refractivity contribution in [3.8, 4) is 0 Å². The van der Waals surface area contributed by atoms with Gasteiger partial charge in [-0.25, -0.2) is 0 Å². The molecule has 102 valence electrons. The van der Waals surface area contributed by atoms with Crippen LogP contribution < -0.4 is 0 Å². The van der Waals surface area contributed by atoms with Gasteiger partial charge in [0.1, 0.15) is 0 Å². The van der Waals surface area contributed by atoms with E-state index in [2.05, 4.69) is 0 Å². The van der Waals surface area contributed by atoms with Gasteiger partial charge in [0.05, 0.1) is 0 Å². The van der Waals surface area contributed by atoms with Crippen LogP contribution >= 0.6 is 23.5 Å². The third-order valence-corrected chi connectivity index (χ3v) is 4.64. The summed E-state index contributed by atoms with van der Waals surface area (Å²) in [6, 6.07) is 18.4. The summed E-state index contributed by atoms with van der Waals surface area (Å²) < 4.78 is 0. The molecule has 0 bridgehead atoms. The van der Waals surface area contributed by atoms with Gasteiger partial charge in [0.15, 0.2) is 0 Å². The van der Waals surface area contributed by atoms with Crippen molar-refractivity contribution in [2.24, 2.45) is 0 Å². The van der Waals surface area contributed by atoms with Crippen molar-refractivity contribution >= 4 is 33.8 Å². The lowest BCUT2D eigenvalue weighted by molar-refractivity contribution is 0.108. The van der Waals surface area contributed by atoms with Crippen molar-refractivity contribution in [3.63, 3.8) is 0 Å². The molecular weight excluding hydrogens is 288 g/mol. The number of benzene rings is 2. The number of hydrogen-bond donors (Lipinski definition) is 0. The number of rotatable bonds is 5. The molecule has 2 rings (SSSR count). The summed E-state index contributed by atoms with van der Waals surface area (Å²) in [7, 11) is 0. The van der Waals surface area contributed by atoms with Crippen molar-refractivity contribution in [3.05, 3.63) is 71.8 Å². The summed E-state index contributed by atoms with van der Waals surface area (Å²) >= 11 is 2.51. The van der Waals surface area contributed by atoms with Crippen molar-refractivity contribution in [2.45, 2.75) is 0 Å². The molecule has 2 aromatic rings. The van der Waals surface area contributed by atoms with E-state index in [1.165, 1.54) is 23.5 Å². The predicted octanol–water partition coefficient (Wildman–Crippen LogP) is 4.13. The Kier molecular flexibility index (Phi) is 5.89. The van der Waals surface area contributed by atoms with Crippen LogP contribution in [0.2, 0.25) is 0 Å². The summed E-state index contributed by atoms with van der Waals surface area (Å²) in [6.45, 7) is 0. The van der Waals surface area contributed by atoms with Gasteiger partial charge in [-0.05, 0) is 0 Å². The number of carbonyl (C=O) groups is 2. The van der Waals surface area contributed by atoms with Crippen molar-refractivity contribution in [1.82, 2.24) is 0 Å². The molecule has 2 aromatic carbocycles. The van der Waals surface area contributed by atoms with E-state index in [9.17, 15) is 9.59 Å². The Morgan fingerprint density at radius 2 is 1.00 bits per heavy atom. The zero-order valence-electron chi connectivity index (χ0n) is 10.8. The average molecular weight is 302 g/mol. The molecule has 2 nitrogen and oxygen atoms in total. The van der Waals surface area contributed by atoms with E-state index in [0.717, 1.165) is 0 Å². The predicted molar refractivity (Wildman–Crippen MR) is 86.5 cm³/mol. The fourth-order valence-electron chi connectivity index (χ4n) is 1.58. The Bertz CT molecular complexity index is 514. The maximum atomic E-state index is 11.8. The van der Waals surface area contributed by atoms with Gasteiger partial charge in [0.25, 0.3) is 0 Å². The Balaban J connectivity index is 1.72. The Morgan fingerprint density at radius 1 is 0.650 bits per heavy atom. The maximum Gasteiger partial charge on any atom is 0.219 e. The Hall–Kier alpha value is -1.52. The topological polar surface area (TPSA) is 34.1 Å². The van der Waals surface area contributed by atoms with Crippen LogP contribution in [0.3, 0.4) is 0 Å². The van der Waals surface area contributed by atoms with E-state index >= 15 is 0 Å². The molecule has 0 aliphatic heterocycles. The van der Waals surface area contributed by atoms with E-state index in [4.69, 9.17) is 0 Å². The maximum absolute atomic E-state index is 11.8. The molecular formula is C16H14O2S2. The van der Waals surface area contributed by atoms with E-state index in [0.29, 0.717) is 22.6 Å². The zero-order valence-corrected chi connectivity index (χ0v) is 12.5. The largest absolute Gasteiger partial charge is 0.282 e. The number of carbonyl (C=O) groups excluding carboxylic acids is 2. The van der Waals surface area contributed by atoms with Crippen molar-refractivity contribution < 1.29 is 9.59 Å². The van der Waals surface area contributed by atoms with Crippen LogP contribution in [0.1, 0.15) is 20.7 Å². The lowest BCUT2D eigenvalue weighted by atomic mass is 10.2. The molecule has 0 radical (unpaired) electrons. The van der Waals surface area contributed by atoms with Gasteiger partial charge < -0.3 is 0 Å². The first kappa shape index (κ1) is 14.9. The molecule has 0 N–H and O–H groups in total. The molecule has 0 amide bonds. The van der Waals surface area contributed by atoms with Crippen LogP contribution in [0, 0.1) is 0 Å². The standard InChI is InChI=1S/C16H14O2S2/c17-15(13-7-3-1-4-8-13)19-11-12-20-16(18)14-9-5-2-6-10-14/h1-10H,11-12H2. The molecule has 0 spiro atoms. The molecule has 0 aliphatic rings. The fourth-order valence-corrected chi connectivity index (χ4v) is 3.23. The van der Waals surface area contributed by atoms with Crippen LogP contribution in [0.5, 0.6) is 0 Å². The summed E-state index contributed by atoms with van der Waals surface area (Å²) in [5, 5.41) is 0.108. The van der Waals surface area contributed by atoms with Gasteiger partial charge in [-0.15, -0.1) is 0 Å². The monoisotopic (exact) mass is 302 g/mol. The molecule has 0 aromatic heterocycles. The molecule has 0 heterocycles. The van der Waals surface area contributed by atoms with Gasteiger partial charge >= 0.3 is 0 Å². The van der Waals surface area contributed by atoms with Gasteiger partial charge in [0, 0.05) is 22.6 Å². The molecule has 4 heteroatoms. The van der Waals surface area contributed by atoms with Gasteiger partial charge in [-0.3, -0.25) is 9.59 Å². The van der Waals surface area contributed by atoms with E-state index in [-0.39, 0.29) is 10.2 Å². The van der Waals surface area contributed by atoms with E-state index in [1.54, 1.807) is 24.3 Å². The minimum atomic E-state index is 0.0540. The quantitative estimate of drug-likeness (QED) is 0.778. The van der Waals surface area contributed by atoms with E-state index in [1.807, 2.05) is 36.4 Å². The minimum absolute atomic E-state index is 0.0540. The normalized spacial score (nSPS) is 10.2. The van der Waals surface area contributed by atoms with Gasteiger partial charge in [0.2, 0.25) is 10.2 Å². The first-order valence-electron chi connectivity index (χ1n) is 6.22. The van der Waals surface area contributed by atoms with Crippen LogP contribution in [-0.4, -0.2) is 21.7 Å². The SMILES string of the molecule is O=C(SCCSC(=O)c1ccccc1)c1ccccc1. The van der Waals surface area contributed by atoms with Gasteiger partial charge in [-0.2, -0.15) is 0 Å². The number of thioether (sulfide) groups is 2. The lowest BCUT2D eigenvalue weighted by Gasteiger charge is -2.01. The zero-order chi connectivity index (χ0) is 14.2. The smallest absolute Gasteiger partial charge is 0.219 e. The fraction of sp³-hybridized carbons (Fsp3) is 0.125. The Morgan fingerprint density at radius 3 is 1.35 bits per heavy atom. The van der Waals surface area contributed by atoms with Crippen LogP contribution in [0.15, 0.2) is 60.7 Å². The third-order valence-electron chi connectivity index (χ3n) is 2.57. The third kappa shape index (κ3) is 4.54. The second-order valence-electron chi connectivity index (χ2n) is 4.00. The molecule has 0 saturated carbocycles. The molecule has 0 unspecified atom stereocenters. The first-order valence-corrected chi connectivity index (χ1v) is 8.19. The minimum Gasteiger partial charge on any atom is -0.282 e. The molecule has 0 fully saturated rings. The molecule has 0 atom stereocenters. The van der Waals surface area contributed by atoms with Crippen molar-refractivity contribution in [1.29, 1.82) is 0 Å². The molecule has 0 aliphatic carbocycles. The Labute approximate surface area is 127 Å². The van der Waals surface area contributed by atoms with Gasteiger partial charge in [-0.1, -0.05) is 84.2 Å².